The number of carbonyl (C=O) groups is 1. The van der Waals surface area contributed by atoms with Crippen LogP contribution in [0.2, 0.25) is 0 Å². The summed E-state index contributed by atoms with van der Waals surface area (Å²) in [6, 6.07) is 16.3. The van der Waals surface area contributed by atoms with E-state index in [4.69, 9.17) is 5.11 Å². The molecular formula is C16H11NO3S. The number of H-pyrrole nitrogens is 1. The van der Waals surface area contributed by atoms with Crippen molar-refractivity contribution in [3.8, 4) is 0 Å². The monoisotopic (exact) mass is 297 g/mol. The van der Waals surface area contributed by atoms with Crippen molar-refractivity contribution in [2.45, 2.75) is 9.79 Å². The van der Waals surface area contributed by atoms with Gasteiger partial charge in [0.25, 0.3) is 0 Å². The Bertz CT molecular complexity index is 872. The first-order valence-electron chi connectivity index (χ1n) is 6.27. The predicted molar refractivity (Wildman–Crippen MR) is 82.1 cm³/mol. The SMILES string of the molecule is O=C(O)c1cc(=O)c2ccc(Sc3ccccc3)cc2[nH]1. The molecule has 0 aliphatic rings. The lowest BCUT2D eigenvalue weighted by molar-refractivity contribution is 0.0691. The average Bonchev–Trinajstić information content (AvgIpc) is 2.48. The van der Waals surface area contributed by atoms with Gasteiger partial charge in [0.05, 0.1) is 5.52 Å². The molecular weight excluding hydrogens is 286 g/mol. The maximum Gasteiger partial charge on any atom is 0.352 e. The number of benzene rings is 2. The molecule has 0 unspecified atom stereocenters. The molecule has 0 saturated heterocycles. The summed E-state index contributed by atoms with van der Waals surface area (Å²) in [4.78, 5) is 27.7. The lowest BCUT2D eigenvalue weighted by atomic mass is 10.2. The minimum atomic E-state index is -1.14. The molecule has 0 fully saturated rings. The van der Waals surface area contributed by atoms with Gasteiger partial charge in [-0.1, -0.05) is 30.0 Å². The zero-order valence-electron chi connectivity index (χ0n) is 10.9. The van der Waals surface area contributed by atoms with Crippen LogP contribution in [-0.2, 0) is 0 Å². The Kier molecular flexibility index (Phi) is 3.50. The fraction of sp³-hybridized carbons (Fsp3) is 0. The van der Waals surface area contributed by atoms with Crippen LogP contribution in [0.4, 0.5) is 0 Å². The van der Waals surface area contributed by atoms with Gasteiger partial charge in [-0.2, -0.15) is 0 Å². The van der Waals surface area contributed by atoms with Crippen LogP contribution >= 0.6 is 11.8 Å². The molecule has 2 aromatic carbocycles. The number of hydrogen-bond acceptors (Lipinski definition) is 3. The molecule has 5 heteroatoms. The maximum absolute atomic E-state index is 11.9. The third-order valence-corrected chi connectivity index (χ3v) is 4.01. The third kappa shape index (κ3) is 2.83. The number of aromatic amines is 1. The quantitative estimate of drug-likeness (QED) is 0.777. The number of rotatable bonds is 3. The number of carboxylic acid groups (broad SMARTS) is 1. The van der Waals surface area contributed by atoms with Crippen molar-refractivity contribution in [3.63, 3.8) is 0 Å². The number of hydrogen-bond donors (Lipinski definition) is 2. The highest BCUT2D eigenvalue weighted by Gasteiger charge is 2.08. The number of aromatic nitrogens is 1. The highest BCUT2D eigenvalue weighted by atomic mass is 32.2. The number of aromatic carboxylic acids is 1. The predicted octanol–water partition coefficient (Wildman–Crippen LogP) is 3.38. The van der Waals surface area contributed by atoms with Gasteiger partial charge in [0, 0.05) is 21.2 Å². The van der Waals surface area contributed by atoms with Gasteiger partial charge in [-0.15, -0.1) is 0 Å². The van der Waals surface area contributed by atoms with Crippen LogP contribution in [0.25, 0.3) is 10.9 Å². The fourth-order valence-electron chi connectivity index (χ4n) is 2.03. The highest BCUT2D eigenvalue weighted by Crippen LogP contribution is 2.28. The molecule has 1 heterocycles. The number of pyridine rings is 1. The van der Waals surface area contributed by atoms with Gasteiger partial charge in [-0.05, 0) is 30.3 Å². The molecule has 0 bridgehead atoms. The van der Waals surface area contributed by atoms with E-state index in [0.717, 1.165) is 15.9 Å². The van der Waals surface area contributed by atoms with Gasteiger partial charge in [-0.25, -0.2) is 4.79 Å². The van der Waals surface area contributed by atoms with Gasteiger partial charge in [0.15, 0.2) is 5.43 Å². The Morgan fingerprint density at radius 2 is 1.76 bits per heavy atom. The zero-order chi connectivity index (χ0) is 14.8. The summed E-state index contributed by atoms with van der Waals surface area (Å²) in [6.07, 6.45) is 0. The molecule has 0 aliphatic carbocycles. The molecule has 0 atom stereocenters. The molecule has 104 valence electrons. The first kappa shape index (κ1) is 13.5. The topological polar surface area (TPSA) is 70.2 Å². The van der Waals surface area contributed by atoms with E-state index in [1.807, 2.05) is 36.4 Å². The second kappa shape index (κ2) is 5.46. The Morgan fingerprint density at radius 1 is 1.00 bits per heavy atom. The van der Waals surface area contributed by atoms with E-state index >= 15 is 0 Å². The summed E-state index contributed by atoms with van der Waals surface area (Å²) in [5.74, 6) is -1.14. The summed E-state index contributed by atoms with van der Waals surface area (Å²) >= 11 is 1.55. The van der Waals surface area contributed by atoms with Gasteiger partial charge in [0.2, 0.25) is 0 Å². The van der Waals surface area contributed by atoms with Gasteiger partial charge in [0.1, 0.15) is 5.69 Å². The summed E-state index contributed by atoms with van der Waals surface area (Å²) in [7, 11) is 0. The first-order chi connectivity index (χ1) is 10.1. The van der Waals surface area contributed by atoms with E-state index in [9.17, 15) is 9.59 Å². The van der Waals surface area contributed by atoms with Gasteiger partial charge in [-0.3, -0.25) is 4.79 Å². The number of fused-ring (bicyclic) bond motifs is 1. The van der Waals surface area contributed by atoms with Gasteiger partial charge >= 0.3 is 5.97 Å². The van der Waals surface area contributed by atoms with Crippen LogP contribution in [0.3, 0.4) is 0 Å². The van der Waals surface area contributed by atoms with Crippen molar-refractivity contribution >= 4 is 28.6 Å². The van der Waals surface area contributed by atoms with Crippen molar-refractivity contribution in [2.75, 3.05) is 0 Å². The third-order valence-electron chi connectivity index (χ3n) is 3.01. The molecule has 4 nitrogen and oxygen atoms in total. The zero-order valence-corrected chi connectivity index (χ0v) is 11.7. The molecule has 0 saturated carbocycles. The lowest BCUT2D eigenvalue weighted by Gasteiger charge is -2.05. The van der Waals surface area contributed by atoms with Crippen LogP contribution in [0, 0.1) is 0 Å². The van der Waals surface area contributed by atoms with Crippen LogP contribution in [0.5, 0.6) is 0 Å². The minimum Gasteiger partial charge on any atom is -0.477 e. The van der Waals surface area contributed by atoms with E-state index in [-0.39, 0.29) is 11.1 Å². The van der Waals surface area contributed by atoms with E-state index in [2.05, 4.69) is 4.98 Å². The van der Waals surface area contributed by atoms with Crippen molar-refractivity contribution in [1.82, 2.24) is 4.98 Å². The molecule has 2 N–H and O–H groups in total. The number of nitrogens with one attached hydrogen (secondary N) is 1. The molecule has 0 radical (unpaired) electrons. The Labute approximate surface area is 124 Å². The maximum atomic E-state index is 11.9. The average molecular weight is 297 g/mol. The Balaban J connectivity index is 2.06. The summed E-state index contributed by atoms with van der Waals surface area (Å²) < 4.78 is 0. The first-order valence-corrected chi connectivity index (χ1v) is 7.08. The summed E-state index contributed by atoms with van der Waals surface area (Å²) in [5.41, 5.74) is 0.132. The largest absolute Gasteiger partial charge is 0.477 e. The number of carboxylic acids is 1. The smallest absolute Gasteiger partial charge is 0.352 e. The molecule has 3 aromatic rings. The second-order valence-electron chi connectivity index (χ2n) is 4.47. The summed E-state index contributed by atoms with van der Waals surface area (Å²) in [6.45, 7) is 0. The van der Waals surface area contributed by atoms with E-state index in [1.54, 1.807) is 23.9 Å². The van der Waals surface area contributed by atoms with Crippen LogP contribution in [0.1, 0.15) is 10.5 Å². The lowest BCUT2D eigenvalue weighted by Crippen LogP contribution is -2.09. The van der Waals surface area contributed by atoms with Crippen LogP contribution in [-0.4, -0.2) is 16.1 Å². The van der Waals surface area contributed by atoms with Crippen molar-refractivity contribution in [3.05, 3.63) is 70.5 Å². The molecule has 1 aromatic heterocycles. The minimum absolute atomic E-state index is 0.102. The summed E-state index contributed by atoms with van der Waals surface area (Å²) in [5, 5.41) is 9.48. The van der Waals surface area contributed by atoms with Crippen LogP contribution < -0.4 is 5.43 Å². The van der Waals surface area contributed by atoms with E-state index in [0.29, 0.717) is 10.9 Å². The molecule has 3 rings (SSSR count). The van der Waals surface area contributed by atoms with Crippen LogP contribution in [0.15, 0.2) is 69.2 Å². The molecule has 0 aliphatic heterocycles. The Morgan fingerprint density at radius 3 is 2.48 bits per heavy atom. The highest BCUT2D eigenvalue weighted by molar-refractivity contribution is 7.99. The molecule has 21 heavy (non-hydrogen) atoms. The van der Waals surface area contributed by atoms with Crippen molar-refractivity contribution in [2.24, 2.45) is 0 Å². The molecule has 0 spiro atoms. The second-order valence-corrected chi connectivity index (χ2v) is 5.62. The van der Waals surface area contributed by atoms with Crippen molar-refractivity contribution in [1.29, 1.82) is 0 Å². The standard InChI is InChI=1S/C16H11NO3S/c18-15-9-14(16(19)20)17-13-8-11(6-7-12(13)15)21-10-4-2-1-3-5-10/h1-9H,(H,17,18)(H,19,20). The van der Waals surface area contributed by atoms with E-state index < -0.39 is 5.97 Å². The van der Waals surface area contributed by atoms with Crippen molar-refractivity contribution < 1.29 is 9.90 Å². The van der Waals surface area contributed by atoms with Gasteiger partial charge < -0.3 is 10.1 Å². The normalized spacial score (nSPS) is 10.7. The Hall–Kier alpha value is -2.53. The van der Waals surface area contributed by atoms with E-state index in [1.165, 1.54) is 0 Å². The molecule has 0 amide bonds. The fourth-order valence-corrected chi connectivity index (χ4v) is 2.91.